The van der Waals surface area contributed by atoms with Gasteiger partial charge >= 0.3 is 0 Å². The number of nitrogens with one attached hydrogen (secondary N) is 2. The Balaban J connectivity index is 1.73. The maximum atomic E-state index is 12.2. The Labute approximate surface area is 121 Å². The van der Waals surface area contributed by atoms with Gasteiger partial charge in [-0.2, -0.15) is 15.4 Å². The van der Waals surface area contributed by atoms with E-state index in [2.05, 4.69) is 41.8 Å². The number of fused-ring (bicyclic) bond motifs is 1. The van der Waals surface area contributed by atoms with Crippen LogP contribution in [0.2, 0.25) is 0 Å². The molecular formula is C12H10BrN5O2. The topological polar surface area (TPSA) is 96.7 Å². The second-order valence-corrected chi connectivity index (χ2v) is 5.10. The molecule has 3 aromatic rings. The first-order valence-corrected chi connectivity index (χ1v) is 6.70. The monoisotopic (exact) mass is 335 g/mol. The second kappa shape index (κ2) is 5.41. The summed E-state index contributed by atoms with van der Waals surface area (Å²) in [5.41, 5.74) is 2.61. The highest BCUT2D eigenvalue weighted by Gasteiger charge is 2.14. The molecule has 1 aromatic carbocycles. The molecule has 0 aliphatic carbocycles. The van der Waals surface area contributed by atoms with Crippen molar-refractivity contribution in [2.45, 2.75) is 6.42 Å². The summed E-state index contributed by atoms with van der Waals surface area (Å²) in [7, 11) is 0. The molecule has 0 saturated carbocycles. The van der Waals surface area contributed by atoms with Crippen molar-refractivity contribution in [2.75, 3.05) is 6.54 Å². The van der Waals surface area contributed by atoms with Crippen molar-refractivity contribution in [1.29, 1.82) is 0 Å². The first kappa shape index (κ1) is 12.8. The molecule has 3 rings (SSSR count). The second-order valence-electron chi connectivity index (χ2n) is 4.18. The standard InChI is InChI=1S/C12H10BrN5O2/c13-8-3-9(11-10(4-8)16-18-17-11)12(19)14-2-1-7-5-15-20-6-7/h3-6H,1-2H2,(H,14,19)(H,16,17,18). The van der Waals surface area contributed by atoms with Crippen LogP contribution < -0.4 is 5.32 Å². The Morgan fingerprint density at radius 2 is 2.30 bits per heavy atom. The number of halogens is 1. The van der Waals surface area contributed by atoms with Crippen molar-refractivity contribution >= 4 is 32.9 Å². The zero-order valence-corrected chi connectivity index (χ0v) is 11.8. The summed E-state index contributed by atoms with van der Waals surface area (Å²) < 4.78 is 5.51. The van der Waals surface area contributed by atoms with Gasteiger partial charge in [0.05, 0.1) is 11.8 Å². The highest BCUT2D eigenvalue weighted by atomic mass is 79.9. The van der Waals surface area contributed by atoms with Crippen LogP contribution in [0.25, 0.3) is 11.0 Å². The molecule has 0 radical (unpaired) electrons. The van der Waals surface area contributed by atoms with E-state index in [9.17, 15) is 4.79 Å². The molecule has 0 spiro atoms. The van der Waals surface area contributed by atoms with Gasteiger partial charge in [0.15, 0.2) is 0 Å². The number of hydrogen-bond donors (Lipinski definition) is 2. The summed E-state index contributed by atoms with van der Waals surface area (Å²) in [6.07, 6.45) is 3.84. The molecule has 0 unspecified atom stereocenters. The molecule has 0 aliphatic rings. The molecular weight excluding hydrogens is 326 g/mol. The van der Waals surface area contributed by atoms with Gasteiger partial charge in [0.2, 0.25) is 0 Å². The van der Waals surface area contributed by atoms with Crippen molar-refractivity contribution in [2.24, 2.45) is 0 Å². The third-order valence-electron chi connectivity index (χ3n) is 2.81. The molecule has 0 atom stereocenters. The summed E-state index contributed by atoms with van der Waals surface area (Å²) in [6.45, 7) is 0.492. The van der Waals surface area contributed by atoms with Crippen LogP contribution >= 0.6 is 15.9 Å². The number of carbonyl (C=O) groups excluding carboxylic acids is 1. The summed E-state index contributed by atoms with van der Waals surface area (Å²) in [5, 5.41) is 16.9. The fourth-order valence-electron chi connectivity index (χ4n) is 1.86. The number of rotatable bonds is 4. The normalized spacial score (nSPS) is 10.8. The molecule has 1 amide bonds. The minimum Gasteiger partial charge on any atom is -0.364 e. The average molecular weight is 336 g/mol. The Morgan fingerprint density at radius 3 is 3.10 bits per heavy atom. The number of aromatic amines is 1. The first-order chi connectivity index (χ1) is 9.74. The SMILES string of the molecule is O=C(NCCc1cnoc1)c1cc(Br)cc2n[nH]nc12. The van der Waals surface area contributed by atoms with Gasteiger partial charge in [-0.15, -0.1) is 0 Å². The number of hydrogen-bond acceptors (Lipinski definition) is 5. The summed E-state index contributed by atoms with van der Waals surface area (Å²) in [5.74, 6) is -0.193. The fourth-order valence-corrected chi connectivity index (χ4v) is 2.30. The van der Waals surface area contributed by atoms with Crippen LogP contribution in [0, 0.1) is 0 Å². The first-order valence-electron chi connectivity index (χ1n) is 5.90. The van der Waals surface area contributed by atoms with Gasteiger partial charge < -0.3 is 9.84 Å². The zero-order valence-electron chi connectivity index (χ0n) is 10.3. The maximum absolute atomic E-state index is 12.2. The average Bonchev–Trinajstić information content (AvgIpc) is 3.08. The van der Waals surface area contributed by atoms with Crippen LogP contribution in [0.5, 0.6) is 0 Å². The number of amides is 1. The minimum atomic E-state index is -0.193. The van der Waals surface area contributed by atoms with Gasteiger partial charge in [-0.25, -0.2) is 0 Å². The Kier molecular flexibility index (Phi) is 3.46. The predicted octanol–water partition coefficient (Wildman–Crippen LogP) is 1.68. The van der Waals surface area contributed by atoms with Crippen LogP contribution in [0.3, 0.4) is 0 Å². The Hall–Kier alpha value is -2.22. The van der Waals surface area contributed by atoms with E-state index in [4.69, 9.17) is 4.52 Å². The number of carbonyl (C=O) groups is 1. The van der Waals surface area contributed by atoms with Gasteiger partial charge in [-0.3, -0.25) is 4.79 Å². The van der Waals surface area contributed by atoms with Crippen LogP contribution in [0.15, 0.2) is 33.6 Å². The lowest BCUT2D eigenvalue weighted by atomic mass is 10.1. The van der Waals surface area contributed by atoms with E-state index in [-0.39, 0.29) is 5.91 Å². The van der Waals surface area contributed by atoms with Crippen molar-refractivity contribution in [1.82, 2.24) is 25.9 Å². The molecule has 7 nitrogen and oxygen atoms in total. The molecule has 2 heterocycles. The smallest absolute Gasteiger partial charge is 0.253 e. The number of aromatic nitrogens is 4. The highest BCUT2D eigenvalue weighted by molar-refractivity contribution is 9.10. The highest BCUT2D eigenvalue weighted by Crippen LogP contribution is 2.20. The quantitative estimate of drug-likeness (QED) is 0.756. The number of benzene rings is 1. The Morgan fingerprint density at radius 1 is 1.40 bits per heavy atom. The van der Waals surface area contributed by atoms with Gasteiger partial charge in [-0.1, -0.05) is 21.1 Å². The van der Waals surface area contributed by atoms with E-state index in [0.29, 0.717) is 29.6 Å². The van der Waals surface area contributed by atoms with Gasteiger partial charge in [0, 0.05) is 16.6 Å². The van der Waals surface area contributed by atoms with Crippen molar-refractivity contribution in [3.8, 4) is 0 Å². The van der Waals surface area contributed by atoms with Crippen LogP contribution in [-0.2, 0) is 6.42 Å². The van der Waals surface area contributed by atoms with Gasteiger partial charge in [-0.05, 0) is 18.6 Å². The third kappa shape index (κ3) is 2.55. The van der Waals surface area contributed by atoms with E-state index in [1.807, 2.05) is 0 Å². The van der Waals surface area contributed by atoms with E-state index in [0.717, 1.165) is 10.0 Å². The van der Waals surface area contributed by atoms with Crippen LogP contribution in [0.1, 0.15) is 15.9 Å². The summed E-state index contributed by atoms with van der Waals surface area (Å²) >= 11 is 3.35. The van der Waals surface area contributed by atoms with E-state index in [1.165, 1.54) is 0 Å². The van der Waals surface area contributed by atoms with Crippen molar-refractivity contribution in [3.63, 3.8) is 0 Å². The summed E-state index contributed by atoms with van der Waals surface area (Å²) in [4.78, 5) is 12.2. The van der Waals surface area contributed by atoms with Crippen LogP contribution in [0.4, 0.5) is 0 Å². The Bertz CT molecular complexity index is 737. The molecule has 0 saturated heterocycles. The molecule has 2 N–H and O–H groups in total. The van der Waals surface area contributed by atoms with Gasteiger partial charge in [0.1, 0.15) is 17.3 Å². The maximum Gasteiger partial charge on any atom is 0.253 e. The molecule has 0 fully saturated rings. The predicted molar refractivity (Wildman–Crippen MR) is 74.1 cm³/mol. The van der Waals surface area contributed by atoms with Gasteiger partial charge in [0.25, 0.3) is 5.91 Å². The van der Waals surface area contributed by atoms with E-state index < -0.39 is 0 Å². The molecule has 0 bridgehead atoms. The van der Waals surface area contributed by atoms with Crippen LogP contribution in [-0.4, -0.2) is 33.0 Å². The lowest BCUT2D eigenvalue weighted by Crippen LogP contribution is -2.25. The number of nitrogens with zero attached hydrogens (tertiary/aromatic N) is 3. The van der Waals surface area contributed by atoms with E-state index >= 15 is 0 Å². The van der Waals surface area contributed by atoms with E-state index in [1.54, 1.807) is 24.6 Å². The molecule has 8 heteroatoms. The lowest BCUT2D eigenvalue weighted by Gasteiger charge is -2.05. The summed E-state index contributed by atoms with van der Waals surface area (Å²) in [6, 6.07) is 3.52. The lowest BCUT2D eigenvalue weighted by molar-refractivity contribution is 0.0955. The van der Waals surface area contributed by atoms with Crippen molar-refractivity contribution < 1.29 is 9.32 Å². The number of H-pyrrole nitrogens is 1. The molecule has 20 heavy (non-hydrogen) atoms. The largest absolute Gasteiger partial charge is 0.364 e. The fraction of sp³-hybridized carbons (Fsp3) is 0.167. The molecule has 0 aliphatic heterocycles. The third-order valence-corrected chi connectivity index (χ3v) is 3.27. The van der Waals surface area contributed by atoms with Crippen molar-refractivity contribution in [3.05, 3.63) is 40.2 Å². The minimum absolute atomic E-state index is 0.193. The zero-order chi connectivity index (χ0) is 13.9. The molecule has 2 aromatic heterocycles. The molecule has 102 valence electrons.